The Labute approximate surface area is 172 Å². The standard InChI is InChI=1S/C24H20FN3O2/c1-16(2)27(30)15-17-6-5-7-18(14-17)23-21-8-3-4-9-22(21)24(29)28(26-23)20-12-10-19(25)11-13-20/h3-16H,1-2H3/b27-15-. The molecular weight excluding hydrogens is 381 g/mol. The number of hydrogen-bond acceptors (Lipinski definition) is 3. The Balaban J connectivity index is 1.95. The SMILES string of the molecule is CC(C)/[N+]([O-])=C/c1cccc(-c2nn(-c3ccc(F)cc3)c(=O)c3ccccc23)c1. The van der Waals surface area contributed by atoms with Crippen LogP contribution in [0, 0.1) is 11.0 Å². The molecular formula is C24H20FN3O2. The van der Waals surface area contributed by atoms with E-state index in [-0.39, 0.29) is 17.4 Å². The van der Waals surface area contributed by atoms with Crippen LogP contribution in [-0.2, 0) is 0 Å². The van der Waals surface area contributed by atoms with Gasteiger partial charge in [-0.2, -0.15) is 9.78 Å². The molecule has 0 atom stereocenters. The molecule has 5 nitrogen and oxygen atoms in total. The van der Waals surface area contributed by atoms with Crippen molar-refractivity contribution < 1.29 is 9.13 Å². The summed E-state index contributed by atoms with van der Waals surface area (Å²) in [5.41, 5.74) is 2.30. The molecule has 0 saturated carbocycles. The van der Waals surface area contributed by atoms with Crippen molar-refractivity contribution in [1.82, 2.24) is 9.78 Å². The first-order chi connectivity index (χ1) is 14.4. The van der Waals surface area contributed by atoms with E-state index in [2.05, 4.69) is 5.10 Å². The van der Waals surface area contributed by atoms with Gasteiger partial charge in [0.2, 0.25) is 0 Å². The second kappa shape index (κ2) is 7.91. The zero-order valence-electron chi connectivity index (χ0n) is 16.6. The predicted octanol–water partition coefficient (Wildman–Crippen LogP) is 4.53. The Morgan fingerprint density at radius 2 is 1.70 bits per heavy atom. The minimum Gasteiger partial charge on any atom is -0.624 e. The van der Waals surface area contributed by atoms with E-state index in [4.69, 9.17) is 0 Å². The van der Waals surface area contributed by atoms with Crippen LogP contribution in [0.1, 0.15) is 19.4 Å². The van der Waals surface area contributed by atoms with E-state index in [9.17, 15) is 14.4 Å². The lowest BCUT2D eigenvalue weighted by Crippen LogP contribution is -2.22. The van der Waals surface area contributed by atoms with E-state index in [0.29, 0.717) is 22.2 Å². The maximum absolute atomic E-state index is 13.4. The fourth-order valence-corrected chi connectivity index (χ4v) is 3.22. The first-order valence-corrected chi connectivity index (χ1v) is 9.63. The van der Waals surface area contributed by atoms with Gasteiger partial charge in [0.15, 0.2) is 12.3 Å². The third kappa shape index (κ3) is 3.72. The molecule has 0 spiro atoms. The number of hydroxylamine groups is 1. The van der Waals surface area contributed by atoms with Crippen LogP contribution < -0.4 is 5.56 Å². The Morgan fingerprint density at radius 3 is 2.40 bits per heavy atom. The molecule has 0 bridgehead atoms. The molecule has 0 unspecified atom stereocenters. The Kier molecular flexibility index (Phi) is 5.14. The lowest BCUT2D eigenvalue weighted by Gasteiger charge is -2.12. The van der Waals surface area contributed by atoms with Crippen molar-refractivity contribution >= 4 is 17.0 Å². The summed E-state index contributed by atoms with van der Waals surface area (Å²) in [5.74, 6) is -0.386. The quantitative estimate of drug-likeness (QED) is 0.218. The van der Waals surface area contributed by atoms with Crippen molar-refractivity contribution in [3.05, 3.63) is 99.7 Å². The number of aromatic nitrogens is 2. The molecule has 4 aromatic rings. The summed E-state index contributed by atoms with van der Waals surface area (Å²) in [6, 6.07) is 20.1. The lowest BCUT2D eigenvalue weighted by molar-refractivity contribution is -0.487. The van der Waals surface area contributed by atoms with Crippen LogP contribution in [0.3, 0.4) is 0 Å². The monoisotopic (exact) mass is 401 g/mol. The van der Waals surface area contributed by atoms with Gasteiger partial charge < -0.3 is 5.21 Å². The predicted molar refractivity (Wildman–Crippen MR) is 117 cm³/mol. The van der Waals surface area contributed by atoms with Gasteiger partial charge in [0.1, 0.15) is 5.82 Å². The number of nitrogens with zero attached hydrogens (tertiary/aromatic N) is 3. The fraction of sp³-hybridized carbons (Fsp3) is 0.125. The summed E-state index contributed by atoms with van der Waals surface area (Å²) >= 11 is 0. The smallest absolute Gasteiger partial charge is 0.279 e. The van der Waals surface area contributed by atoms with Gasteiger partial charge in [-0.05, 0) is 56.3 Å². The molecule has 0 aliphatic carbocycles. The van der Waals surface area contributed by atoms with Gasteiger partial charge >= 0.3 is 0 Å². The van der Waals surface area contributed by atoms with Crippen molar-refractivity contribution in [2.75, 3.05) is 0 Å². The number of benzene rings is 3. The average molecular weight is 401 g/mol. The van der Waals surface area contributed by atoms with Crippen molar-refractivity contribution in [1.29, 1.82) is 0 Å². The molecule has 0 aliphatic heterocycles. The van der Waals surface area contributed by atoms with Crippen LogP contribution in [0.4, 0.5) is 4.39 Å². The van der Waals surface area contributed by atoms with Gasteiger partial charge in [0.05, 0.1) is 16.8 Å². The normalized spacial score (nSPS) is 11.9. The molecule has 4 rings (SSSR count). The van der Waals surface area contributed by atoms with Crippen molar-refractivity contribution in [3.8, 4) is 16.9 Å². The molecule has 3 aromatic carbocycles. The number of hydrogen-bond donors (Lipinski definition) is 0. The molecule has 1 aromatic heterocycles. The minimum absolute atomic E-state index is 0.173. The van der Waals surface area contributed by atoms with E-state index < -0.39 is 0 Å². The highest BCUT2D eigenvalue weighted by Gasteiger charge is 2.14. The lowest BCUT2D eigenvalue weighted by atomic mass is 10.0. The van der Waals surface area contributed by atoms with Crippen LogP contribution in [0.15, 0.2) is 77.6 Å². The molecule has 0 aliphatic rings. The van der Waals surface area contributed by atoms with E-state index in [0.717, 1.165) is 15.9 Å². The fourth-order valence-electron chi connectivity index (χ4n) is 3.22. The second-order valence-corrected chi connectivity index (χ2v) is 7.30. The summed E-state index contributed by atoms with van der Waals surface area (Å²) in [5, 5.41) is 17.9. The molecule has 0 N–H and O–H groups in total. The highest BCUT2D eigenvalue weighted by molar-refractivity contribution is 5.94. The maximum atomic E-state index is 13.4. The summed E-state index contributed by atoms with van der Waals surface area (Å²) in [6.07, 6.45) is 1.53. The topological polar surface area (TPSA) is 61.0 Å². The molecule has 6 heteroatoms. The maximum Gasteiger partial charge on any atom is 0.279 e. The first-order valence-electron chi connectivity index (χ1n) is 9.63. The summed E-state index contributed by atoms with van der Waals surface area (Å²) in [7, 11) is 0. The number of halogens is 1. The average Bonchev–Trinajstić information content (AvgIpc) is 2.75. The van der Waals surface area contributed by atoms with Crippen LogP contribution in [0.5, 0.6) is 0 Å². The molecule has 30 heavy (non-hydrogen) atoms. The molecule has 0 fully saturated rings. The second-order valence-electron chi connectivity index (χ2n) is 7.30. The van der Waals surface area contributed by atoms with Gasteiger partial charge in [-0.1, -0.05) is 30.3 Å². The van der Waals surface area contributed by atoms with E-state index in [1.54, 1.807) is 12.1 Å². The zero-order chi connectivity index (χ0) is 21.3. The van der Waals surface area contributed by atoms with Crippen molar-refractivity contribution in [2.45, 2.75) is 19.9 Å². The molecule has 0 radical (unpaired) electrons. The van der Waals surface area contributed by atoms with Gasteiger partial charge in [0, 0.05) is 16.5 Å². The highest BCUT2D eigenvalue weighted by Crippen LogP contribution is 2.26. The van der Waals surface area contributed by atoms with Crippen LogP contribution >= 0.6 is 0 Å². The van der Waals surface area contributed by atoms with Crippen LogP contribution in [-0.4, -0.2) is 26.8 Å². The first kappa shape index (κ1) is 19.5. The number of rotatable bonds is 4. The highest BCUT2D eigenvalue weighted by atomic mass is 19.1. The summed E-state index contributed by atoms with van der Waals surface area (Å²) < 4.78 is 15.5. The Bertz CT molecular complexity index is 1310. The van der Waals surface area contributed by atoms with Crippen LogP contribution in [0.25, 0.3) is 27.7 Å². The molecule has 150 valence electrons. The Morgan fingerprint density at radius 1 is 1.00 bits per heavy atom. The van der Waals surface area contributed by atoms with Crippen molar-refractivity contribution in [2.24, 2.45) is 0 Å². The van der Waals surface area contributed by atoms with E-state index in [1.807, 2.05) is 50.2 Å². The van der Waals surface area contributed by atoms with E-state index in [1.165, 1.54) is 35.2 Å². The number of fused-ring (bicyclic) bond motifs is 1. The van der Waals surface area contributed by atoms with Gasteiger partial charge in [-0.3, -0.25) is 4.79 Å². The minimum atomic E-state index is -0.386. The summed E-state index contributed by atoms with van der Waals surface area (Å²) in [4.78, 5) is 13.0. The molecule has 1 heterocycles. The molecule has 0 amide bonds. The third-order valence-electron chi connectivity index (χ3n) is 4.82. The largest absolute Gasteiger partial charge is 0.624 e. The Hall–Kier alpha value is -3.80. The van der Waals surface area contributed by atoms with Crippen molar-refractivity contribution in [3.63, 3.8) is 0 Å². The van der Waals surface area contributed by atoms with Gasteiger partial charge in [-0.15, -0.1) is 0 Å². The van der Waals surface area contributed by atoms with Gasteiger partial charge in [0.25, 0.3) is 5.56 Å². The van der Waals surface area contributed by atoms with Crippen LogP contribution in [0.2, 0.25) is 0 Å². The zero-order valence-corrected chi connectivity index (χ0v) is 16.6. The van der Waals surface area contributed by atoms with Gasteiger partial charge in [-0.25, -0.2) is 9.13 Å². The summed E-state index contributed by atoms with van der Waals surface area (Å²) in [6.45, 7) is 3.64. The van der Waals surface area contributed by atoms with E-state index >= 15 is 0 Å². The third-order valence-corrected chi connectivity index (χ3v) is 4.82. The molecule has 0 saturated heterocycles.